The number of amides is 2. The summed E-state index contributed by atoms with van der Waals surface area (Å²) in [5.74, 6) is 2.19. The summed E-state index contributed by atoms with van der Waals surface area (Å²) in [6, 6.07) is -0.507. The molecule has 0 saturated carbocycles. The van der Waals surface area contributed by atoms with E-state index in [2.05, 4.69) is 16.6 Å². The maximum Gasteiger partial charge on any atom is 0.315 e. The van der Waals surface area contributed by atoms with E-state index >= 15 is 0 Å². The Balaban J connectivity index is 2.23. The number of hydrogen-bond donors (Lipinski definition) is 2. The Hall–Kier alpha value is -1.25. The smallest absolute Gasteiger partial charge is 0.315 e. The van der Waals surface area contributed by atoms with Crippen LogP contribution >= 0.6 is 0 Å². The molecule has 2 amide bonds. The van der Waals surface area contributed by atoms with Crippen LogP contribution in [0.2, 0.25) is 0 Å². The van der Waals surface area contributed by atoms with E-state index in [0.29, 0.717) is 26.2 Å². The Labute approximate surface area is 109 Å². The number of nitrogens with one attached hydrogen (secondary N) is 2. The molecule has 1 saturated heterocycles. The van der Waals surface area contributed by atoms with Crippen molar-refractivity contribution in [2.45, 2.75) is 39.0 Å². The molecule has 0 spiro atoms. The zero-order chi connectivity index (χ0) is 13.6. The molecule has 1 atom stereocenters. The summed E-state index contributed by atoms with van der Waals surface area (Å²) in [6.45, 7) is 7.50. The Morgan fingerprint density at radius 1 is 1.44 bits per heavy atom. The molecule has 1 fully saturated rings. The van der Waals surface area contributed by atoms with Crippen molar-refractivity contribution in [1.82, 2.24) is 10.6 Å². The SMILES string of the molecule is C#CC(NC(=O)NCCC1(C)OCCO1)C(C)C. The van der Waals surface area contributed by atoms with Crippen molar-refractivity contribution in [3.63, 3.8) is 0 Å². The second-order valence-electron chi connectivity index (χ2n) is 4.87. The van der Waals surface area contributed by atoms with Crippen LogP contribution in [0.1, 0.15) is 27.2 Å². The normalized spacial score (nSPS) is 19.3. The minimum absolute atomic E-state index is 0.208. The van der Waals surface area contributed by atoms with Crippen LogP contribution in [0.5, 0.6) is 0 Å². The maximum atomic E-state index is 11.6. The molecule has 0 aliphatic carbocycles. The molecule has 0 aromatic carbocycles. The summed E-state index contributed by atoms with van der Waals surface area (Å²) in [7, 11) is 0. The predicted molar refractivity (Wildman–Crippen MR) is 68.9 cm³/mol. The van der Waals surface area contributed by atoms with Crippen molar-refractivity contribution in [2.24, 2.45) is 5.92 Å². The van der Waals surface area contributed by atoms with Crippen LogP contribution in [-0.4, -0.2) is 37.6 Å². The van der Waals surface area contributed by atoms with Crippen LogP contribution in [0.3, 0.4) is 0 Å². The van der Waals surface area contributed by atoms with Crippen molar-refractivity contribution >= 4 is 6.03 Å². The fourth-order valence-electron chi connectivity index (χ4n) is 1.70. The average Bonchev–Trinajstić information content (AvgIpc) is 2.72. The van der Waals surface area contributed by atoms with Crippen LogP contribution < -0.4 is 10.6 Å². The highest BCUT2D eigenvalue weighted by Gasteiger charge is 2.30. The molecule has 1 aliphatic rings. The van der Waals surface area contributed by atoms with Crippen LogP contribution in [0.25, 0.3) is 0 Å². The molecular formula is C13H22N2O3. The van der Waals surface area contributed by atoms with Crippen LogP contribution in [0.4, 0.5) is 4.79 Å². The van der Waals surface area contributed by atoms with Gasteiger partial charge in [-0.1, -0.05) is 19.8 Å². The van der Waals surface area contributed by atoms with Crippen LogP contribution in [0, 0.1) is 18.3 Å². The van der Waals surface area contributed by atoms with Gasteiger partial charge in [-0.25, -0.2) is 4.79 Å². The predicted octanol–water partition coefficient (Wildman–Crippen LogP) is 1.10. The lowest BCUT2D eigenvalue weighted by molar-refractivity contribution is -0.145. The Kier molecular flexibility index (Phi) is 5.45. The van der Waals surface area contributed by atoms with E-state index < -0.39 is 5.79 Å². The van der Waals surface area contributed by atoms with Gasteiger partial charge in [-0.3, -0.25) is 0 Å². The van der Waals surface area contributed by atoms with E-state index in [1.807, 2.05) is 20.8 Å². The van der Waals surface area contributed by atoms with E-state index in [0.717, 1.165) is 0 Å². The second-order valence-corrected chi connectivity index (χ2v) is 4.87. The summed E-state index contributed by atoms with van der Waals surface area (Å²) in [5, 5.41) is 5.49. The van der Waals surface area contributed by atoms with E-state index in [4.69, 9.17) is 15.9 Å². The van der Waals surface area contributed by atoms with Crippen molar-refractivity contribution in [1.29, 1.82) is 0 Å². The molecule has 18 heavy (non-hydrogen) atoms. The molecule has 2 N–H and O–H groups in total. The highest BCUT2D eigenvalue weighted by atomic mass is 16.7. The third kappa shape index (κ3) is 4.55. The van der Waals surface area contributed by atoms with E-state index in [9.17, 15) is 4.79 Å². The first-order valence-corrected chi connectivity index (χ1v) is 6.25. The van der Waals surface area contributed by atoms with Crippen LogP contribution in [-0.2, 0) is 9.47 Å². The molecule has 1 heterocycles. The lowest BCUT2D eigenvalue weighted by Crippen LogP contribution is -2.45. The molecule has 1 unspecified atom stereocenters. The minimum Gasteiger partial charge on any atom is -0.348 e. The Bertz CT molecular complexity index is 317. The maximum absolute atomic E-state index is 11.6. The molecule has 1 aliphatic heterocycles. The standard InChI is InChI=1S/C13H22N2O3/c1-5-11(10(2)3)15-12(16)14-7-6-13(4)17-8-9-18-13/h1,10-11H,6-9H2,2-4H3,(H2,14,15,16). The van der Waals surface area contributed by atoms with Gasteiger partial charge in [-0.2, -0.15) is 0 Å². The number of ether oxygens (including phenoxy) is 2. The zero-order valence-electron chi connectivity index (χ0n) is 11.3. The Morgan fingerprint density at radius 3 is 2.56 bits per heavy atom. The lowest BCUT2D eigenvalue weighted by Gasteiger charge is -2.22. The largest absolute Gasteiger partial charge is 0.348 e. The van der Waals surface area contributed by atoms with E-state index in [1.165, 1.54) is 0 Å². The molecule has 1 rings (SSSR count). The highest BCUT2D eigenvalue weighted by Crippen LogP contribution is 2.21. The molecular weight excluding hydrogens is 232 g/mol. The van der Waals surface area contributed by atoms with Crippen molar-refractivity contribution in [3.05, 3.63) is 0 Å². The first kappa shape index (κ1) is 14.8. The summed E-state index contributed by atoms with van der Waals surface area (Å²) in [6.07, 6.45) is 5.95. The van der Waals surface area contributed by atoms with Crippen molar-refractivity contribution in [3.8, 4) is 12.3 Å². The number of carbonyl (C=O) groups is 1. The van der Waals surface area contributed by atoms with E-state index in [-0.39, 0.29) is 18.0 Å². The molecule has 0 aromatic rings. The zero-order valence-corrected chi connectivity index (χ0v) is 11.3. The summed E-state index contributed by atoms with van der Waals surface area (Å²) in [4.78, 5) is 11.6. The monoisotopic (exact) mass is 254 g/mol. The molecule has 102 valence electrons. The van der Waals surface area contributed by atoms with Crippen molar-refractivity contribution < 1.29 is 14.3 Å². The van der Waals surface area contributed by atoms with Gasteiger partial charge in [0, 0.05) is 13.0 Å². The number of rotatable bonds is 5. The van der Waals surface area contributed by atoms with Gasteiger partial charge in [0.1, 0.15) is 0 Å². The van der Waals surface area contributed by atoms with Gasteiger partial charge in [-0.05, 0) is 12.8 Å². The lowest BCUT2D eigenvalue weighted by atomic mass is 10.1. The van der Waals surface area contributed by atoms with E-state index in [1.54, 1.807) is 0 Å². The summed E-state index contributed by atoms with van der Waals surface area (Å²) in [5.41, 5.74) is 0. The van der Waals surface area contributed by atoms with Gasteiger partial charge in [0.2, 0.25) is 0 Å². The number of hydrogen-bond acceptors (Lipinski definition) is 3. The van der Waals surface area contributed by atoms with Gasteiger partial charge >= 0.3 is 6.03 Å². The second kappa shape index (κ2) is 6.62. The number of carbonyl (C=O) groups excluding carboxylic acids is 1. The van der Waals surface area contributed by atoms with Gasteiger partial charge in [-0.15, -0.1) is 6.42 Å². The fraction of sp³-hybridized carbons (Fsp3) is 0.769. The number of urea groups is 1. The first-order valence-electron chi connectivity index (χ1n) is 6.25. The fourth-order valence-corrected chi connectivity index (χ4v) is 1.70. The number of terminal acetylenes is 1. The Morgan fingerprint density at radius 2 is 2.06 bits per heavy atom. The summed E-state index contributed by atoms with van der Waals surface area (Å²) >= 11 is 0. The summed E-state index contributed by atoms with van der Waals surface area (Å²) < 4.78 is 10.9. The van der Waals surface area contributed by atoms with Crippen LogP contribution in [0.15, 0.2) is 0 Å². The molecule has 0 bridgehead atoms. The third-order valence-electron chi connectivity index (χ3n) is 2.90. The van der Waals surface area contributed by atoms with Gasteiger partial charge in [0.05, 0.1) is 19.3 Å². The molecule has 0 aromatic heterocycles. The van der Waals surface area contributed by atoms with Gasteiger partial charge < -0.3 is 20.1 Å². The third-order valence-corrected chi connectivity index (χ3v) is 2.90. The van der Waals surface area contributed by atoms with Crippen molar-refractivity contribution in [2.75, 3.05) is 19.8 Å². The molecule has 5 heteroatoms. The topological polar surface area (TPSA) is 59.6 Å². The van der Waals surface area contributed by atoms with Gasteiger partial charge in [0.15, 0.2) is 5.79 Å². The average molecular weight is 254 g/mol. The highest BCUT2D eigenvalue weighted by molar-refractivity contribution is 5.74. The van der Waals surface area contributed by atoms with Gasteiger partial charge in [0.25, 0.3) is 0 Å². The first-order chi connectivity index (χ1) is 8.47. The molecule has 5 nitrogen and oxygen atoms in total. The quantitative estimate of drug-likeness (QED) is 0.722. The minimum atomic E-state index is -0.573. The molecule has 0 radical (unpaired) electrons.